The zero-order valence-electron chi connectivity index (χ0n) is 12.0. The van der Waals surface area contributed by atoms with E-state index < -0.39 is 0 Å². The van der Waals surface area contributed by atoms with Crippen molar-refractivity contribution in [2.24, 2.45) is 0 Å². The SMILES string of the molecule is Cc1nc(N(C)Cc2cccnc2)sc1CNC1CC1. The van der Waals surface area contributed by atoms with Gasteiger partial charge in [-0.2, -0.15) is 0 Å². The molecule has 0 aromatic carbocycles. The third kappa shape index (κ3) is 3.35. The Morgan fingerprint density at radius 3 is 3.00 bits per heavy atom. The van der Waals surface area contributed by atoms with Gasteiger partial charge in [0.25, 0.3) is 0 Å². The molecular weight excluding hydrogens is 268 g/mol. The van der Waals surface area contributed by atoms with E-state index in [0.717, 1.165) is 30.0 Å². The van der Waals surface area contributed by atoms with E-state index in [1.807, 2.05) is 12.3 Å². The smallest absolute Gasteiger partial charge is 0.185 e. The Kier molecular flexibility index (Phi) is 3.98. The lowest BCUT2D eigenvalue weighted by molar-refractivity contribution is 0.691. The normalized spacial score (nSPS) is 14.5. The molecule has 0 saturated heterocycles. The van der Waals surface area contributed by atoms with Crippen molar-refractivity contribution in [1.82, 2.24) is 15.3 Å². The van der Waals surface area contributed by atoms with Crippen LogP contribution in [0, 0.1) is 6.92 Å². The van der Waals surface area contributed by atoms with E-state index in [1.54, 1.807) is 17.5 Å². The number of thiazole rings is 1. The molecule has 4 nitrogen and oxygen atoms in total. The van der Waals surface area contributed by atoms with Gasteiger partial charge in [-0.15, -0.1) is 11.3 Å². The number of nitrogens with one attached hydrogen (secondary N) is 1. The second-order valence-electron chi connectivity index (χ2n) is 5.38. The molecular formula is C15H20N4S. The van der Waals surface area contributed by atoms with Crippen LogP contribution in [0.2, 0.25) is 0 Å². The Balaban J connectivity index is 1.64. The minimum atomic E-state index is 0.744. The minimum absolute atomic E-state index is 0.744. The van der Waals surface area contributed by atoms with Gasteiger partial charge in [0.1, 0.15) is 0 Å². The van der Waals surface area contributed by atoms with Gasteiger partial charge in [-0.3, -0.25) is 4.98 Å². The lowest BCUT2D eigenvalue weighted by atomic mass is 10.3. The van der Waals surface area contributed by atoms with Gasteiger partial charge < -0.3 is 10.2 Å². The summed E-state index contributed by atoms with van der Waals surface area (Å²) in [6.45, 7) is 3.90. The number of rotatable bonds is 6. The van der Waals surface area contributed by atoms with Gasteiger partial charge in [-0.25, -0.2) is 4.98 Å². The van der Waals surface area contributed by atoms with Crippen molar-refractivity contribution in [2.45, 2.75) is 38.9 Å². The molecule has 2 aromatic rings. The Morgan fingerprint density at radius 1 is 1.45 bits per heavy atom. The Morgan fingerprint density at radius 2 is 2.30 bits per heavy atom. The average molecular weight is 288 g/mol. The number of aromatic nitrogens is 2. The molecule has 0 radical (unpaired) electrons. The van der Waals surface area contributed by atoms with Gasteiger partial charge in [0, 0.05) is 43.4 Å². The summed E-state index contributed by atoms with van der Waals surface area (Å²) in [5, 5.41) is 4.64. The summed E-state index contributed by atoms with van der Waals surface area (Å²) in [5.41, 5.74) is 2.36. The highest BCUT2D eigenvalue weighted by Crippen LogP contribution is 2.27. The van der Waals surface area contributed by atoms with Crippen molar-refractivity contribution >= 4 is 16.5 Å². The van der Waals surface area contributed by atoms with E-state index in [4.69, 9.17) is 0 Å². The van der Waals surface area contributed by atoms with Crippen LogP contribution in [0.25, 0.3) is 0 Å². The fourth-order valence-electron chi connectivity index (χ4n) is 2.10. The van der Waals surface area contributed by atoms with Crippen LogP contribution in [-0.4, -0.2) is 23.1 Å². The summed E-state index contributed by atoms with van der Waals surface area (Å²) in [6, 6.07) is 4.81. The summed E-state index contributed by atoms with van der Waals surface area (Å²) in [5.74, 6) is 0. The predicted molar refractivity (Wildman–Crippen MR) is 83.1 cm³/mol. The summed E-state index contributed by atoms with van der Waals surface area (Å²) in [4.78, 5) is 12.4. The number of anilines is 1. The maximum atomic E-state index is 4.69. The van der Waals surface area contributed by atoms with Crippen molar-refractivity contribution < 1.29 is 0 Å². The van der Waals surface area contributed by atoms with Crippen molar-refractivity contribution in [1.29, 1.82) is 0 Å². The fraction of sp³-hybridized carbons (Fsp3) is 0.467. The molecule has 1 aliphatic rings. The molecule has 0 amide bonds. The molecule has 3 rings (SSSR count). The molecule has 5 heteroatoms. The maximum absolute atomic E-state index is 4.69. The van der Waals surface area contributed by atoms with E-state index in [0.29, 0.717) is 0 Å². The standard InChI is InChI=1S/C15H20N4S/c1-11-14(9-17-13-5-6-13)20-15(18-11)19(2)10-12-4-3-7-16-8-12/h3-4,7-8,13,17H,5-6,9-10H2,1-2H3. The molecule has 1 N–H and O–H groups in total. The van der Waals surface area contributed by atoms with Crippen LogP contribution in [0.15, 0.2) is 24.5 Å². The zero-order valence-corrected chi connectivity index (χ0v) is 12.8. The second kappa shape index (κ2) is 5.89. The van der Waals surface area contributed by atoms with Crippen LogP contribution in [0.5, 0.6) is 0 Å². The van der Waals surface area contributed by atoms with Crippen LogP contribution in [-0.2, 0) is 13.1 Å². The first-order chi connectivity index (χ1) is 9.72. The van der Waals surface area contributed by atoms with E-state index in [9.17, 15) is 0 Å². The van der Waals surface area contributed by atoms with Crippen LogP contribution < -0.4 is 10.2 Å². The van der Waals surface area contributed by atoms with Gasteiger partial charge in [0.2, 0.25) is 0 Å². The quantitative estimate of drug-likeness (QED) is 0.887. The van der Waals surface area contributed by atoms with E-state index in [-0.39, 0.29) is 0 Å². The van der Waals surface area contributed by atoms with Crippen LogP contribution >= 0.6 is 11.3 Å². The molecule has 0 spiro atoms. The minimum Gasteiger partial charge on any atom is -0.347 e. The van der Waals surface area contributed by atoms with Crippen LogP contribution in [0.3, 0.4) is 0 Å². The molecule has 1 aliphatic carbocycles. The lowest BCUT2D eigenvalue weighted by Gasteiger charge is -2.15. The average Bonchev–Trinajstić information content (AvgIpc) is 3.20. The van der Waals surface area contributed by atoms with Crippen LogP contribution in [0.1, 0.15) is 29.0 Å². The molecule has 0 unspecified atom stereocenters. The van der Waals surface area contributed by atoms with E-state index in [2.05, 4.69) is 40.2 Å². The Labute approximate surface area is 123 Å². The number of hydrogen-bond donors (Lipinski definition) is 1. The van der Waals surface area contributed by atoms with Gasteiger partial charge in [-0.1, -0.05) is 6.07 Å². The molecule has 2 heterocycles. The van der Waals surface area contributed by atoms with Gasteiger partial charge >= 0.3 is 0 Å². The highest BCUT2D eigenvalue weighted by Gasteiger charge is 2.21. The highest BCUT2D eigenvalue weighted by molar-refractivity contribution is 7.15. The lowest BCUT2D eigenvalue weighted by Crippen LogP contribution is -2.16. The molecule has 0 atom stereocenters. The first kappa shape index (κ1) is 13.5. The van der Waals surface area contributed by atoms with Gasteiger partial charge in [0.15, 0.2) is 5.13 Å². The summed E-state index contributed by atoms with van der Waals surface area (Å²) in [6.07, 6.45) is 6.36. The van der Waals surface area contributed by atoms with Crippen molar-refractivity contribution in [3.63, 3.8) is 0 Å². The first-order valence-corrected chi connectivity index (χ1v) is 7.84. The molecule has 20 heavy (non-hydrogen) atoms. The highest BCUT2D eigenvalue weighted by atomic mass is 32.1. The Hall–Kier alpha value is -1.46. The monoisotopic (exact) mass is 288 g/mol. The molecule has 2 aromatic heterocycles. The van der Waals surface area contributed by atoms with E-state index >= 15 is 0 Å². The summed E-state index contributed by atoms with van der Waals surface area (Å²) < 4.78 is 0. The largest absolute Gasteiger partial charge is 0.347 e. The molecule has 106 valence electrons. The summed E-state index contributed by atoms with van der Waals surface area (Å²) >= 11 is 1.79. The third-order valence-electron chi connectivity index (χ3n) is 3.48. The van der Waals surface area contributed by atoms with Gasteiger partial charge in [0.05, 0.1) is 5.69 Å². The Bertz CT molecular complexity index is 563. The zero-order chi connectivity index (χ0) is 13.9. The first-order valence-electron chi connectivity index (χ1n) is 7.02. The van der Waals surface area contributed by atoms with Crippen molar-refractivity contribution in [3.05, 3.63) is 40.7 Å². The van der Waals surface area contributed by atoms with E-state index in [1.165, 1.54) is 23.3 Å². The topological polar surface area (TPSA) is 41.1 Å². The number of pyridine rings is 1. The molecule has 0 bridgehead atoms. The fourth-order valence-corrected chi connectivity index (χ4v) is 3.07. The number of aryl methyl sites for hydroxylation is 1. The maximum Gasteiger partial charge on any atom is 0.185 e. The van der Waals surface area contributed by atoms with Crippen LogP contribution in [0.4, 0.5) is 5.13 Å². The molecule has 1 fully saturated rings. The molecule has 0 aliphatic heterocycles. The number of hydrogen-bond acceptors (Lipinski definition) is 5. The van der Waals surface area contributed by atoms with Gasteiger partial charge in [-0.05, 0) is 31.4 Å². The molecule has 1 saturated carbocycles. The predicted octanol–water partition coefficient (Wildman–Crippen LogP) is 2.73. The third-order valence-corrected chi connectivity index (χ3v) is 4.75. The number of nitrogens with zero attached hydrogens (tertiary/aromatic N) is 3. The summed E-state index contributed by atoms with van der Waals surface area (Å²) in [7, 11) is 2.09. The second-order valence-corrected chi connectivity index (χ2v) is 6.44. The van der Waals surface area contributed by atoms with Crippen molar-refractivity contribution in [2.75, 3.05) is 11.9 Å². The van der Waals surface area contributed by atoms with Crippen molar-refractivity contribution in [3.8, 4) is 0 Å².